The van der Waals surface area contributed by atoms with Crippen LogP contribution in [-0.2, 0) is 12.4 Å². The SMILES string of the molecule is COc1ccc(P=C([O-])c2c(C(F)(F)F)cccc2C(F)(F)F)c(OC)c1. The van der Waals surface area contributed by atoms with E-state index < -0.39 is 42.7 Å². The maximum atomic E-state index is 13.2. The number of rotatable bonds is 4. The number of hydrogen-bond acceptors (Lipinski definition) is 3. The summed E-state index contributed by atoms with van der Waals surface area (Å²) in [4.78, 5) is 0. The standard InChI is InChI=1S/C17H13F6O3P/c1-25-9-6-7-13(12(8-9)26-2)27-15(24)14-10(16(18,19)20)4-3-5-11(14)17(21,22)23/h3-8,24H,1-2H3/p-1. The first-order valence-electron chi connectivity index (χ1n) is 7.24. The second kappa shape index (κ2) is 7.78. The van der Waals surface area contributed by atoms with Crippen molar-refractivity contribution in [2.24, 2.45) is 0 Å². The van der Waals surface area contributed by atoms with E-state index in [0.717, 1.165) is 0 Å². The second-order valence-corrected chi connectivity index (χ2v) is 6.29. The van der Waals surface area contributed by atoms with Crippen molar-refractivity contribution in [2.45, 2.75) is 12.4 Å². The lowest BCUT2D eigenvalue weighted by molar-refractivity contribution is -0.209. The van der Waals surface area contributed by atoms with Crippen LogP contribution >= 0.6 is 8.20 Å². The third-order valence-corrected chi connectivity index (χ3v) is 4.54. The zero-order valence-corrected chi connectivity index (χ0v) is 14.8. The van der Waals surface area contributed by atoms with Crippen molar-refractivity contribution in [1.82, 2.24) is 0 Å². The molecule has 0 fully saturated rings. The van der Waals surface area contributed by atoms with Crippen LogP contribution in [0, 0.1) is 0 Å². The van der Waals surface area contributed by atoms with Crippen LogP contribution in [0.25, 0.3) is 0 Å². The molecule has 0 atom stereocenters. The number of alkyl halides is 6. The Morgan fingerprint density at radius 2 is 1.44 bits per heavy atom. The molecule has 0 aliphatic heterocycles. The lowest BCUT2D eigenvalue weighted by Crippen LogP contribution is -2.27. The Hall–Kier alpha value is -2.25. The molecule has 0 unspecified atom stereocenters. The topological polar surface area (TPSA) is 41.5 Å². The molecule has 0 aliphatic rings. The summed E-state index contributed by atoms with van der Waals surface area (Å²) >= 11 is 0. The van der Waals surface area contributed by atoms with E-state index in [1.165, 1.54) is 32.4 Å². The molecule has 2 aromatic carbocycles. The van der Waals surface area contributed by atoms with E-state index in [0.29, 0.717) is 23.9 Å². The molecule has 10 heteroatoms. The molecule has 0 radical (unpaired) electrons. The molecule has 0 saturated carbocycles. The third-order valence-electron chi connectivity index (χ3n) is 3.50. The van der Waals surface area contributed by atoms with Crippen LogP contribution in [0.5, 0.6) is 11.5 Å². The summed E-state index contributed by atoms with van der Waals surface area (Å²) < 4.78 is 89.2. The van der Waals surface area contributed by atoms with Gasteiger partial charge in [-0.3, -0.25) is 0 Å². The number of ether oxygens (including phenoxy) is 2. The van der Waals surface area contributed by atoms with Gasteiger partial charge in [0.2, 0.25) is 0 Å². The van der Waals surface area contributed by atoms with Gasteiger partial charge in [0.1, 0.15) is 11.5 Å². The smallest absolute Gasteiger partial charge is 0.416 e. The maximum absolute atomic E-state index is 13.2. The molecule has 2 rings (SSSR count). The quantitative estimate of drug-likeness (QED) is 0.569. The molecular weight excluding hydrogens is 397 g/mol. The van der Waals surface area contributed by atoms with Crippen molar-refractivity contribution >= 4 is 19.0 Å². The molecule has 27 heavy (non-hydrogen) atoms. The van der Waals surface area contributed by atoms with Crippen molar-refractivity contribution in [3.63, 3.8) is 0 Å². The van der Waals surface area contributed by atoms with Crippen LogP contribution in [0.15, 0.2) is 36.4 Å². The van der Waals surface area contributed by atoms with E-state index in [4.69, 9.17) is 9.47 Å². The van der Waals surface area contributed by atoms with Crippen LogP contribution in [0.2, 0.25) is 0 Å². The van der Waals surface area contributed by atoms with Crippen LogP contribution in [0.1, 0.15) is 16.7 Å². The number of benzene rings is 2. The van der Waals surface area contributed by atoms with Gasteiger partial charge in [0, 0.05) is 11.4 Å². The molecule has 0 spiro atoms. The minimum Gasteiger partial charge on any atom is -0.823 e. The first-order valence-corrected chi connectivity index (χ1v) is 8.14. The third kappa shape index (κ3) is 4.73. The van der Waals surface area contributed by atoms with Crippen molar-refractivity contribution in [1.29, 1.82) is 0 Å². The molecule has 0 aliphatic carbocycles. The molecule has 0 bridgehead atoms. The summed E-state index contributed by atoms with van der Waals surface area (Å²) in [5, 5.41) is 12.6. The highest BCUT2D eigenvalue weighted by Gasteiger charge is 2.40. The molecule has 2 aromatic rings. The van der Waals surface area contributed by atoms with Gasteiger partial charge in [-0.2, -0.15) is 26.3 Å². The Balaban J connectivity index is 2.71. The van der Waals surface area contributed by atoms with Crippen LogP contribution < -0.4 is 19.9 Å². The fourth-order valence-electron chi connectivity index (χ4n) is 2.30. The maximum Gasteiger partial charge on any atom is 0.416 e. The fraction of sp³-hybridized carbons (Fsp3) is 0.235. The van der Waals surface area contributed by atoms with Gasteiger partial charge in [-0.15, -0.1) is 5.48 Å². The van der Waals surface area contributed by atoms with Crippen LogP contribution in [0.3, 0.4) is 0 Å². The van der Waals surface area contributed by atoms with E-state index in [-0.39, 0.29) is 11.1 Å². The lowest BCUT2D eigenvalue weighted by Gasteiger charge is -2.23. The van der Waals surface area contributed by atoms with E-state index >= 15 is 0 Å². The normalized spacial score (nSPS) is 12.9. The van der Waals surface area contributed by atoms with Gasteiger partial charge < -0.3 is 14.6 Å². The Morgan fingerprint density at radius 3 is 1.89 bits per heavy atom. The lowest BCUT2D eigenvalue weighted by atomic mass is 10.0. The molecule has 0 aromatic heterocycles. The minimum atomic E-state index is -5.12. The Labute approximate surface area is 152 Å². The molecule has 0 amide bonds. The zero-order chi connectivity index (χ0) is 20.4. The van der Waals surface area contributed by atoms with Gasteiger partial charge in [-0.25, -0.2) is 0 Å². The monoisotopic (exact) mass is 409 g/mol. The summed E-state index contributed by atoms with van der Waals surface area (Å²) in [6, 6.07) is 5.63. The first-order chi connectivity index (χ1) is 12.5. The average molecular weight is 409 g/mol. The summed E-state index contributed by atoms with van der Waals surface area (Å²) in [5.74, 6) is 0.451. The molecule has 146 valence electrons. The highest BCUT2D eigenvalue weighted by molar-refractivity contribution is 7.49. The summed E-state index contributed by atoms with van der Waals surface area (Å²) in [6.45, 7) is 0. The van der Waals surface area contributed by atoms with Crippen molar-refractivity contribution in [2.75, 3.05) is 14.2 Å². The fourth-order valence-corrected chi connectivity index (χ4v) is 3.28. The Kier molecular flexibility index (Phi) is 6.07. The predicted octanol–water partition coefficient (Wildman–Crippen LogP) is 3.85. The predicted molar refractivity (Wildman–Crippen MR) is 86.7 cm³/mol. The highest BCUT2D eigenvalue weighted by atomic mass is 31.1. The molecule has 0 N–H and O–H groups in total. The van der Waals surface area contributed by atoms with Gasteiger partial charge in [-0.1, -0.05) is 14.3 Å². The number of methoxy groups -OCH3 is 2. The van der Waals surface area contributed by atoms with Gasteiger partial charge in [0.15, 0.2) is 0 Å². The van der Waals surface area contributed by atoms with Crippen molar-refractivity contribution in [3.05, 3.63) is 53.1 Å². The van der Waals surface area contributed by atoms with Crippen LogP contribution in [0.4, 0.5) is 26.3 Å². The van der Waals surface area contributed by atoms with Crippen LogP contribution in [-0.4, -0.2) is 19.7 Å². The van der Waals surface area contributed by atoms with Crippen molar-refractivity contribution in [3.8, 4) is 11.5 Å². The average Bonchev–Trinajstić information content (AvgIpc) is 2.59. The first kappa shape index (κ1) is 21.1. The molecular formula is C17H12F6O3P-. The molecule has 0 heterocycles. The Morgan fingerprint density at radius 1 is 0.889 bits per heavy atom. The Bertz CT molecular complexity index is 826. The second-order valence-electron chi connectivity index (χ2n) is 5.18. The highest BCUT2D eigenvalue weighted by Crippen LogP contribution is 2.40. The van der Waals surface area contributed by atoms with E-state index in [1.54, 1.807) is 0 Å². The molecule has 0 saturated heterocycles. The van der Waals surface area contributed by atoms with E-state index in [2.05, 4.69) is 0 Å². The largest absolute Gasteiger partial charge is 0.823 e. The van der Waals surface area contributed by atoms with Gasteiger partial charge in [0.05, 0.1) is 25.3 Å². The minimum absolute atomic E-state index is 0.0995. The van der Waals surface area contributed by atoms with E-state index in [9.17, 15) is 31.4 Å². The van der Waals surface area contributed by atoms with Gasteiger partial charge in [0.25, 0.3) is 0 Å². The van der Waals surface area contributed by atoms with Gasteiger partial charge in [-0.05, 0) is 29.8 Å². The summed E-state index contributed by atoms with van der Waals surface area (Å²) in [7, 11) is 2.22. The summed E-state index contributed by atoms with van der Waals surface area (Å²) in [5.41, 5.74) is -6.04. The number of halogens is 6. The van der Waals surface area contributed by atoms with Gasteiger partial charge >= 0.3 is 12.4 Å². The zero-order valence-electron chi connectivity index (χ0n) is 13.9. The number of hydrogen-bond donors (Lipinski definition) is 0. The summed E-state index contributed by atoms with van der Waals surface area (Å²) in [6.07, 6.45) is -10.2. The molecule has 3 nitrogen and oxygen atoms in total. The van der Waals surface area contributed by atoms with Crippen molar-refractivity contribution < 1.29 is 40.9 Å². The van der Waals surface area contributed by atoms with E-state index in [1.807, 2.05) is 0 Å².